The molecule has 3 heterocycles. The van der Waals surface area contributed by atoms with E-state index in [1.807, 2.05) is 17.0 Å². The van der Waals surface area contributed by atoms with E-state index in [1.165, 1.54) is 0 Å². The van der Waals surface area contributed by atoms with Crippen LogP contribution in [0.4, 0.5) is 0 Å². The normalized spacial score (nSPS) is 23.4. The van der Waals surface area contributed by atoms with Crippen molar-refractivity contribution in [2.75, 3.05) is 26.2 Å². The Hall–Kier alpha value is -1.95. The molecule has 0 saturated carbocycles. The minimum Gasteiger partial charge on any atom is -0.354 e. The number of carbonyl (C=O) groups excluding carboxylic acids is 2. The molecule has 0 radical (unpaired) electrons. The number of rotatable bonds is 6. The molecule has 6 nitrogen and oxygen atoms in total. The summed E-state index contributed by atoms with van der Waals surface area (Å²) in [5, 5.41) is 6.29. The maximum Gasteiger partial charge on any atom is 0.237 e. The number of hydrogen-bond donors (Lipinski definition) is 2. The highest BCUT2D eigenvalue weighted by Crippen LogP contribution is 2.17. The quantitative estimate of drug-likeness (QED) is 0.811. The van der Waals surface area contributed by atoms with E-state index in [-0.39, 0.29) is 17.9 Å². The third-order valence-electron chi connectivity index (χ3n) is 5.19. The molecule has 0 spiro atoms. The largest absolute Gasteiger partial charge is 0.354 e. The predicted molar refractivity (Wildman–Crippen MR) is 95.9 cm³/mol. The molecule has 0 aliphatic carbocycles. The lowest BCUT2D eigenvalue weighted by atomic mass is 9.97. The molecule has 0 bridgehead atoms. The maximum absolute atomic E-state index is 12.5. The first-order chi connectivity index (χ1) is 12.2. The molecule has 2 atom stereocenters. The van der Waals surface area contributed by atoms with Crippen LogP contribution in [-0.4, -0.2) is 53.9 Å². The summed E-state index contributed by atoms with van der Waals surface area (Å²) in [6, 6.07) is 3.89. The van der Waals surface area contributed by atoms with E-state index in [4.69, 9.17) is 0 Å². The van der Waals surface area contributed by atoms with E-state index in [2.05, 4.69) is 15.6 Å². The van der Waals surface area contributed by atoms with Crippen molar-refractivity contribution < 1.29 is 9.59 Å². The average molecular weight is 344 g/mol. The maximum atomic E-state index is 12.5. The number of pyridine rings is 1. The lowest BCUT2D eigenvalue weighted by Gasteiger charge is -2.33. The number of carbonyl (C=O) groups is 2. The smallest absolute Gasteiger partial charge is 0.237 e. The molecular formula is C19H28N4O2. The summed E-state index contributed by atoms with van der Waals surface area (Å²) in [7, 11) is 0. The molecule has 25 heavy (non-hydrogen) atoms. The van der Waals surface area contributed by atoms with E-state index >= 15 is 0 Å². The van der Waals surface area contributed by atoms with Crippen LogP contribution in [0.5, 0.6) is 0 Å². The van der Waals surface area contributed by atoms with Crippen LogP contribution in [0.15, 0.2) is 24.5 Å². The molecular weight excluding hydrogens is 316 g/mol. The van der Waals surface area contributed by atoms with Crippen molar-refractivity contribution >= 4 is 11.8 Å². The summed E-state index contributed by atoms with van der Waals surface area (Å²) < 4.78 is 0. The lowest BCUT2D eigenvalue weighted by molar-refractivity contribution is -0.132. The second kappa shape index (κ2) is 8.94. The fourth-order valence-electron chi connectivity index (χ4n) is 3.69. The molecule has 2 aliphatic rings. The van der Waals surface area contributed by atoms with Gasteiger partial charge in [0.15, 0.2) is 0 Å². The van der Waals surface area contributed by atoms with E-state index in [0.29, 0.717) is 18.9 Å². The highest BCUT2D eigenvalue weighted by Gasteiger charge is 2.26. The molecule has 0 aromatic carbocycles. The van der Waals surface area contributed by atoms with E-state index in [9.17, 15) is 9.59 Å². The Morgan fingerprint density at radius 1 is 1.24 bits per heavy atom. The Bertz CT molecular complexity index is 572. The summed E-state index contributed by atoms with van der Waals surface area (Å²) in [5.41, 5.74) is 1.15. The van der Waals surface area contributed by atoms with Crippen LogP contribution in [0, 0.1) is 5.92 Å². The number of nitrogens with zero attached hydrogens (tertiary/aromatic N) is 2. The Labute approximate surface area is 149 Å². The molecule has 2 N–H and O–H groups in total. The van der Waals surface area contributed by atoms with Gasteiger partial charge in [0.2, 0.25) is 11.8 Å². The van der Waals surface area contributed by atoms with Gasteiger partial charge in [0.05, 0.1) is 6.04 Å². The van der Waals surface area contributed by atoms with Gasteiger partial charge in [-0.2, -0.15) is 0 Å². The summed E-state index contributed by atoms with van der Waals surface area (Å²) in [4.78, 5) is 30.5. The molecule has 136 valence electrons. The SMILES string of the molecule is O=C(NCC1CCCN(C(=O)CCc2ccncc2)C1)C1CCCN1. The fraction of sp³-hybridized carbons (Fsp3) is 0.632. The second-order valence-corrected chi connectivity index (χ2v) is 7.10. The molecule has 2 fully saturated rings. The first-order valence-corrected chi connectivity index (χ1v) is 9.40. The fourth-order valence-corrected chi connectivity index (χ4v) is 3.69. The molecule has 1 aromatic rings. The monoisotopic (exact) mass is 344 g/mol. The van der Waals surface area contributed by atoms with Crippen molar-refractivity contribution in [1.82, 2.24) is 20.5 Å². The first kappa shape index (κ1) is 17.9. The lowest BCUT2D eigenvalue weighted by Crippen LogP contribution is -2.46. The summed E-state index contributed by atoms with van der Waals surface area (Å²) in [6.45, 7) is 3.20. The van der Waals surface area contributed by atoms with Crippen molar-refractivity contribution in [3.63, 3.8) is 0 Å². The zero-order valence-corrected chi connectivity index (χ0v) is 14.7. The molecule has 2 amide bonds. The molecule has 3 rings (SSSR count). The minimum atomic E-state index is -0.0262. The summed E-state index contributed by atoms with van der Waals surface area (Å²) in [5.74, 6) is 0.688. The topological polar surface area (TPSA) is 74.3 Å². The number of hydrogen-bond acceptors (Lipinski definition) is 4. The second-order valence-electron chi connectivity index (χ2n) is 7.10. The van der Waals surface area contributed by atoms with Crippen molar-refractivity contribution in [3.05, 3.63) is 30.1 Å². The third-order valence-corrected chi connectivity index (χ3v) is 5.19. The van der Waals surface area contributed by atoms with Crippen molar-refractivity contribution in [1.29, 1.82) is 0 Å². The van der Waals surface area contributed by atoms with E-state index in [1.54, 1.807) is 12.4 Å². The predicted octanol–water partition coefficient (Wildman–Crippen LogP) is 1.12. The summed E-state index contributed by atoms with van der Waals surface area (Å²) in [6.07, 6.45) is 8.91. The highest BCUT2D eigenvalue weighted by molar-refractivity contribution is 5.82. The van der Waals surface area contributed by atoms with Gasteiger partial charge in [-0.15, -0.1) is 0 Å². The van der Waals surface area contributed by atoms with Crippen LogP contribution < -0.4 is 10.6 Å². The van der Waals surface area contributed by atoms with Gasteiger partial charge < -0.3 is 15.5 Å². The number of aromatic nitrogens is 1. The van der Waals surface area contributed by atoms with Crippen LogP contribution in [0.25, 0.3) is 0 Å². The van der Waals surface area contributed by atoms with Crippen LogP contribution in [0.2, 0.25) is 0 Å². The molecule has 2 unspecified atom stereocenters. The van der Waals surface area contributed by atoms with E-state index < -0.39 is 0 Å². The Balaban J connectivity index is 1.40. The standard InChI is InChI=1S/C19H28N4O2/c24-18(6-5-15-7-10-20-11-8-15)23-12-2-3-16(14-23)13-22-19(25)17-4-1-9-21-17/h7-8,10-11,16-17,21H,1-6,9,12-14H2,(H,22,25). The van der Waals surface area contributed by atoms with Gasteiger partial charge in [-0.25, -0.2) is 0 Å². The van der Waals surface area contributed by atoms with Crippen molar-refractivity contribution in [3.8, 4) is 0 Å². The zero-order chi connectivity index (χ0) is 17.5. The van der Waals surface area contributed by atoms with Gasteiger partial charge in [-0.1, -0.05) is 0 Å². The number of aryl methyl sites for hydroxylation is 1. The minimum absolute atomic E-state index is 0.0262. The van der Waals surface area contributed by atoms with Gasteiger partial charge >= 0.3 is 0 Å². The average Bonchev–Trinajstić information content (AvgIpc) is 3.20. The Kier molecular flexibility index (Phi) is 6.39. The van der Waals surface area contributed by atoms with Crippen molar-refractivity contribution in [2.45, 2.75) is 44.6 Å². The Morgan fingerprint density at radius 3 is 2.84 bits per heavy atom. The van der Waals surface area contributed by atoms with Gasteiger partial charge in [-0.05, 0) is 62.3 Å². The van der Waals surface area contributed by atoms with Crippen LogP contribution in [0.1, 0.15) is 37.7 Å². The van der Waals surface area contributed by atoms with Gasteiger partial charge in [0.1, 0.15) is 0 Å². The number of likely N-dealkylation sites (tertiary alicyclic amines) is 1. The number of nitrogens with one attached hydrogen (secondary N) is 2. The number of amides is 2. The molecule has 6 heteroatoms. The molecule has 1 aromatic heterocycles. The Morgan fingerprint density at radius 2 is 2.08 bits per heavy atom. The summed E-state index contributed by atoms with van der Waals surface area (Å²) >= 11 is 0. The van der Waals surface area contributed by atoms with Crippen LogP contribution in [-0.2, 0) is 16.0 Å². The van der Waals surface area contributed by atoms with Crippen LogP contribution >= 0.6 is 0 Å². The molecule has 2 saturated heterocycles. The zero-order valence-electron chi connectivity index (χ0n) is 14.7. The highest BCUT2D eigenvalue weighted by atomic mass is 16.2. The van der Waals surface area contributed by atoms with Gasteiger partial charge in [0, 0.05) is 38.4 Å². The third kappa shape index (κ3) is 5.26. The number of piperidine rings is 1. The molecule has 2 aliphatic heterocycles. The van der Waals surface area contributed by atoms with Gasteiger partial charge in [-0.3, -0.25) is 14.6 Å². The van der Waals surface area contributed by atoms with Crippen LogP contribution in [0.3, 0.4) is 0 Å². The van der Waals surface area contributed by atoms with Crippen molar-refractivity contribution in [2.24, 2.45) is 5.92 Å². The first-order valence-electron chi connectivity index (χ1n) is 9.40. The van der Waals surface area contributed by atoms with E-state index in [0.717, 1.165) is 57.3 Å². The van der Waals surface area contributed by atoms with Gasteiger partial charge in [0.25, 0.3) is 0 Å².